The maximum atomic E-state index is 12.8. The SMILES string of the molecule is CC(=O)c1ccc2c(c1)N(S(=O)(=O)c1ccccc1)CCO2. The Balaban J connectivity index is 2.12. The van der Waals surface area contributed by atoms with Crippen molar-refractivity contribution in [2.75, 3.05) is 17.5 Å². The highest BCUT2D eigenvalue weighted by atomic mass is 32.2. The van der Waals surface area contributed by atoms with Gasteiger partial charge in [-0.2, -0.15) is 0 Å². The van der Waals surface area contributed by atoms with Gasteiger partial charge in [0.15, 0.2) is 5.78 Å². The molecule has 0 N–H and O–H groups in total. The number of hydrogen-bond donors (Lipinski definition) is 0. The van der Waals surface area contributed by atoms with Crippen LogP contribution in [0.25, 0.3) is 0 Å². The molecule has 114 valence electrons. The van der Waals surface area contributed by atoms with E-state index >= 15 is 0 Å². The van der Waals surface area contributed by atoms with Crippen LogP contribution in [0.4, 0.5) is 5.69 Å². The van der Waals surface area contributed by atoms with E-state index < -0.39 is 10.0 Å². The second-order valence-corrected chi connectivity index (χ2v) is 6.84. The van der Waals surface area contributed by atoms with Gasteiger partial charge in [0.2, 0.25) is 0 Å². The summed E-state index contributed by atoms with van der Waals surface area (Å²) in [6, 6.07) is 13.1. The van der Waals surface area contributed by atoms with E-state index in [-0.39, 0.29) is 23.8 Å². The van der Waals surface area contributed by atoms with Crippen molar-refractivity contribution in [1.29, 1.82) is 0 Å². The largest absolute Gasteiger partial charge is 0.489 e. The van der Waals surface area contributed by atoms with Gasteiger partial charge in [-0.05, 0) is 37.3 Å². The van der Waals surface area contributed by atoms with Gasteiger partial charge in [-0.15, -0.1) is 0 Å². The smallest absolute Gasteiger partial charge is 0.264 e. The van der Waals surface area contributed by atoms with Gasteiger partial charge >= 0.3 is 0 Å². The van der Waals surface area contributed by atoms with Crippen molar-refractivity contribution in [3.8, 4) is 5.75 Å². The molecule has 0 bridgehead atoms. The first kappa shape index (κ1) is 14.6. The molecule has 1 aliphatic rings. The summed E-state index contributed by atoms with van der Waals surface area (Å²) < 4.78 is 32.4. The molecule has 0 aliphatic carbocycles. The molecule has 0 spiro atoms. The normalized spacial score (nSPS) is 14.1. The molecule has 0 saturated carbocycles. The third-order valence-corrected chi connectivity index (χ3v) is 5.34. The fourth-order valence-corrected chi connectivity index (χ4v) is 3.85. The number of hydrogen-bond acceptors (Lipinski definition) is 4. The summed E-state index contributed by atoms with van der Waals surface area (Å²) in [5, 5.41) is 0. The minimum absolute atomic E-state index is 0.120. The lowest BCUT2D eigenvalue weighted by Crippen LogP contribution is -2.38. The lowest BCUT2D eigenvalue weighted by atomic mass is 10.1. The zero-order chi connectivity index (χ0) is 15.7. The molecule has 1 heterocycles. The fourth-order valence-electron chi connectivity index (χ4n) is 2.38. The third-order valence-electron chi connectivity index (χ3n) is 3.52. The molecule has 2 aromatic carbocycles. The van der Waals surface area contributed by atoms with Crippen molar-refractivity contribution < 1.29 is 17.9 Å². The second-order valence-electron chi connectivity index (χ2n) is 4.98. The Morgan fingerprint density at radius 1 is 1.14 bits per heavy atom. The van der Waals surface area contributed by atoms with E-state index in [1.54, 1.807) is 48.5 Å². The molecule has 6 heteroatoms. The number of ether oxygens (including phenoxy) is 1. The predicted octanol–water partition coefficient (Wildman–Crippen LogP) is 2.48. The van der Waals surface area contributed by atoms with Gasteiger partial charge < -0.3 is 4.74 Å². The van der Waals surface area contributed by atoms with Crippen molar-refractivity contribution in [3.05, 3.63) is 54.1 Å². The number of anilines is 1. The van der Waals surface area contributed by atoms with Crippen LogP contribution in [0.15, 0.2) is 53.4 Å². The lowest BCUT2D eigenvalue weighted by molar-refractivity contribution is 0.101. The summed E-state index contributed by atoms with van der Waals surface area (Å²) in [6.07, 6.45) is 0. The third kappa shape index (κ3) is 2.46. The zero-order valence-electron chi connectivity index (χ0n) is 12.0. The number of sulfonamides is 1. The van der Waals surface area contributed by atoms with E-state index in [0.29, 0.717) is 17.0 Å². The summed E-state index contributed by atoms with van der Waals surface area (Å²) in [4.78, 5) is 11.8. The van der Waals surface area contributed by atoms with Crippen LogP contribution in [0.2, 0.25) is 0 Å². The van der Waals surface area contributed by atoms with Crippen molar-refractivity contribution in [2.24, 2.45) is 0 Å². The van der Waals surface area contributed by atoms with Crippen LogP contribution in [0.5, 0.6) is 5.75 Å². The van der Waals surface area contributed by atoms with E-state index in [1.165, 1.54) is 11.2 Å². The highest BCUT2D eigenvalue weighted by Gasteiger charge is 2.30. The average Bonchev–Trinajstić information content (AvgIpc) is 2.54. The molecular formula is C16H15NO4S. The Morgan fingerprint density at radius 2 is 1.86 bits per heavy atom. The van der Waals surface area contributed by atoms with Crippen LogP contribution in [0, 0.1) is 0 Å². The van der Waals surface area contributed by atoms with Crippen LogP contribution < -0.4 is 9.04 Å². The standard InChI is InChI=1S/C16H15NO4S/c1-12(18)13-7-8-16-15(11-13)17(9-10-21-16)22(19,20)14-5-3-2-4-6-14/h2-8,11H,9-10H2,1H3. The maximum Gasteiger partial charge on any atom is 0.264 e. The van der Waals surface area contributed by atoms with Gasteiger partial charge in [0.1, 0.15) is 12.4 Å². The minimum Gasteiger partial charge on any atom is -0.489 e. The number of carbonyl (C=O) groups excluding carboxylic acids is 1. The number of carbonyl (C=O) groups is 1. The maximum absolute atomic E-state index is 12.8. The molecule has 0 amide bonds. The monoisotopic (exact) mass is 317 g/mol. The number of fused-ring (bicyclic) bond motifs is 1. The summed E-state index contributed by atoms with van der Waals surface area (Å²) in [7, 11) is -3.68. The quantitative estimate of drug-likeness (QED) is 0.816. The van der Waals surface area contributed by atoms with Gasteiger partial charge in [0.05, 0.1) is 17.1 Å². The minimum atomic E-state index is -3.68. The summed E-state index contributed by atoms with van der Waals surface area (Å²) in [5.41, 5.74) is 0.861. The number of Topliss-reactive ketones (excluding diaryl/α,β-unsaturated/α-hetero) is 1. The molecule has 1 aliphatic heterocycles. The van der Waals surface area contributed by atoms with Gasteiger partial charge in [0.25, 0.3) is 10.0 Å². The van der Waals surface area contributed by atoms with Crippen LogP contribution in [0.3, 0.4) is 0 Å². The average molecular weight is 317 g/mol. The van der Waals surface area contributed by atoms with Crippen molar-refractivity contribution in [3.63, 3.8) is 0 Å². The molecule has 0 saturated heterocycles. The molecule has 2 aromatic rings. The molecule has 0 radical (unpaired) electrons. The van der Waals surface area contributed by atoms with Crippen LogP contribution in [-0.4, -0.2) is 27.4 Å². The first-order valence-electron chi connectivity index (χ1n) is 6.86. The van der Waals surface area contributed by atoms with E-state index in [0.717, 1.165) is 0 Å². The number of nitrogens with zero attached hydrogens (tertiary/aromatic N) is 1. The summed E-state index contributed by atoms with van der Waals surface area (Å²) in [5.74, 6) is 0.348. The van der Waals surface area contributed by atoms with E-state index in [9.17, 15) is 13.2 Å². The molecule has 0 atom stereocenters. The highest BCUT2D eigenvalue weighted by Crippen LogP contribution is 2.36. The highest BCUT2D eigenvalue weighted by molar-refractivity contribution is 7.92. The zero-order valence-corrected chi connectivity index (χ0v) is 12.8. The molecule has 22 heavy (non-hydrogen) atoms. The van der Waals surface area contributed by atoms with Crippen LogP contribution >= 0.6 is 0 Å². The number of benzene rings is 2. The Morgan fingerprint density at radius 3 is 2.55 bits per heavy atom. The molecular weight excluding hydrogens is 302 g/mol. The van der Waals surface area contributed by atoms with Crippen LogP contribution in [0.1, 0.15) is 17.3 Å². The lowest BCUT2D eigenvalue weighted by Gasteiger charge is -2.30. The van der Waals surface area contributed by atoms with Crippen molar-refractivity contribution in [2.45, 2.75) is 11.8 Å². The Labute approximate surface area is 129 Å². The van der Waals surface area contributed by atoms with Gasteiger partial charge in [0, 0.05) is 5.56 Å². The van der Waals surface area contributed by atoms with Crippen molar-refractivity contribution in [1.82, 2.24) is 0 Å². The van der Waals surface area contributed by atoms with Crippen molar-refractivity contribution >= 4 is 21.5 Å². The van der Waals surface area contributed by atoms with E-state index in [1.807, 2.05) is 0 Å². The Kier molecular flexibility index (Phi) is 3.62. The topological polar surface area (TPSA) is 63.7 Å². The fraction of sp³-hybridized carbons (Fsp3) is 0.188. The molecule has 0 aromatic heterocycles. The Bertz CT molecular complexity index is 815. The number of ketones is 1. The van der Waals surface area contributed by atoms with Gasteiger partial charge in [-0.1, -0.05) is 18.2 Å². The number of rotatable bonds is 3. The first-order valence-corrected chi connectivity index (χ1v) is 8.30. The predicted molar refractivity (Wildman–Crippen MR) is 82.9 cm³/mol. The molecule has 0 unspecified atom stereocenters. The van der Waals surface area contributed by atoms with Gasteiger partial charge in [-0.3, -0.25) is 9.10 Å². The molecule has 3 rings (SSSR count). The first-order chi connectivity index (χ1) is 10.5. The van der Waals surface area contributed by atoms with Crippen LogP contribution in [-0.2, 0) is 10.0 Å². The van der Waals surface area contributed by atoms with Gasteiger partial charge in [-0.25, -0.2) is 8.42 Å². The molecule has 0 fully saturated rings. The molecule has 5 nitrogen and oxygen atoms in total. The summed E-state index contributed by atoms with van der Waals surface area (Å²) in [6.45, 7) is 1.94. The summed E-state index contributed by atoms with van der Waals surface area (Å²) >= 11 is 0. The Hall–Kier alpha value is -2.34. The second kappa shape index (κ2) is 5.46. The van der Waals surface area contributed by atoms with E-state index in [2.05, 4.69) is 0 Å². The van der Waals surface area contributed by atoms with E-state index in [4.69, 9.17) is 4.74 Å².